The largest absolute Gasteiger partial charge is 0.493 e. The Bertz CT molecular complexity index is 957. The molecule has 33 heavy (non-hydrogen) atoms. The number of anilines is 1. The maximum absolute atomic E-state index is 12.7. The van der Waals surface area contributed by atoms with Gasteiger partial charge in [0.2, 0.25) is 5.91 Å². The SMILES string of the molecule is CCCCCOc1c(C)cc(C(C)=CC(=O)Nc2ccccc2OCCCC(=O)O)cc1C. The van der Waals surface area contributed by atoms with Crippen LogP contribution in [0, 0.1) is 13.8 Å². The molecular formula is C27H35NO5. The molecule has 0 fully saturated rings. The van der Waals surface area contributed by atoms with Crippen LogP contribution in [-0.2, 0) is 9.59 Å². The monoisotopic (exact) mass is 453 g/mol. The van der Waals surface area contributed by atoms with Gasteiger partial charge in [0, 0.05) is 12.5 Å². The summed E-state index contributed by atoms with van der Waals surface area (Å²) in [6, 6.07) is 11.2. The number of para-hydroxylation sites is 2. The first-order valence-corrected chi connectivity index (χ1v) is 11.5. The molecule has 0 heterocycles. The number of ether oxygens (including phenoxy) is 2. The third-order valence-corrected chi connectivity index (χ3v) is 5.20. The fraction of sp³-hybridized carbons (Fsp3) is 0.407. The van der Waals surface area contributed by atoms with E-state index in [9.17, 15) is 9.59 Å². The average Bonchev–Trinajstić information content (AvgIpc) is 2.76. The fourth-order valence-electron chi connectivity index (χ4n) is 3.48. The van der Waals surface area contributed by atoms with Gasteiger partial charge in [0.1, 0.15) is 11.5 Å². The van der Waals surface area contributed by atoms with Gasteiger partial charge in [0.25, 0.3) is 0 Å². The number of amides is 1. The van der Waals surface area contributed by atoms with Crippen molar-refractivity contribution in [3.63, 3.8) is 0 Å². The van der Waals surface area contributed by atoms with E-state index in [4.69, 9.17) is 14.6 Å². The number of carboxylic acids is 1. The first kappa shape index (κ1) is 26.0. The van der Waals surface area contributed by atoms with Crippen LogP contribution >= 0.6 is 0 Å². The van der Waals surface area contributed by atoms with Crippen molar-refractivity contribution < 1.29 is 24.2 Å². The van der Waals surface area contributed by atoms with Crippen molar-refractivity contribution in [2.24, 2.45) is 0 Å². The van der Waals surface area contributed by atoms with Crippen molar-refractivity contribution in [2.45, 2.75) is 59.8 Å². The van der Waals surface area contributed by atoms with E-state index in [0.717, 1.165) is 47.3 Å². The van der Waals surface area contributed by atoms with Gasteiger partial charge in [-0.25, -0.2) is 0 Å². The van der Waals surface area contributed by atoms with Gasteiger partial charge < -0.3 is 19.9 Å². The zero-order chi connectivity index (χ0) is 24.2. The van der Waals surface area contributed by atoms with Crippen molar-refractivity contribution in [3.05, 3.63) is 59.2 Å². The third kappa shape index (κ3) is 8.64. The molecule has 0 saturated carbocycles. The zero-order valence-corrected chi connectivity index (χ0v) is 20.1. The van der Waals surface area contributed by atoms with Crippen molar-refractivity contribution in [2.75, 3.05) is 18.5 Å². The highest BCUT2D eigenvalue weighted by Gasteiger charge is 2.10. The minimum Gasteiger partial charge on any atom is -0.493 e. The summed E-state index contributed by atoms with van der Waals surface area (Å²) in [6.45, 7) is 9.10. The standard InChI is InChI=1S/C27H35NO5/c1-5-6-9-14-33-27-20(3)16-22(17-21(27)4)19(2)18-25(29)28-23-11-7-8-12-24(23)32-15-10-13-26(30)31/h7-8,11-12,16-18H,5-6,9-10,13-15H2,1-4H3,(H,28,29)(H,30,31). The molecule has 2 N–H and O–H groups in total. The number of aryl methyl sites for hydroxylation is 2. The van der Waals surface area contributed by atoms with Crippen LogP contribution in [0.15, 0.2) is 42.5 Å². The normalized spacial score (nSPS) is 11.2. The minimum atomic E-state index is -0.859. The molecular weight excluding hydrogens is 418 g/mol. The number of carbonyl (C=O) groups is 2. The summed E-state index contributed by atoms with van der Waals surface area (Å²) in [7, 11) is 0. The molecule has 0 spiro atoms. The summed E-state index contributed by atoms with van der Waals surface area (Å²) >= 11 is 0. The van der Waals surface area contributed by atoms with Crippen LogP contribution in [0.2, 0.25) is 0 Å². The van der Waals surface area contributed by atoms with Crippen LogP contribution in [0.5, 0.6) is 11.5 Å². The van der Waals surface area contributed by atoms with Gasteiger partial charge in [-0.15, -0.1) is 0 Å². The maximum Gasteiger partial charge on any atom is 0.303 e. The molecule has 0 aliphatic carbocycles. The third-order valence-electron chi connectivity index (χ3n) is 5.20. The lowest BCUT2D eigenvalue weighted by atomic mass is 10.00. The highest BCUT2D eigenvalue weighted by atomic mass is 16.5. The molecule has 0 radical (unpaired) electrons. The highest BCUT2D eigenvalue weighted by Crippen LogP contribution is 2.29. The summed E-state index contributed by atoms with van der Waals surface area (Å²) in [5.41, 5.74) is 4.46. The zero-order valence-electron chi connectivity index (χ0n) is 20.1. The van der Waals surface area contributed by atoms with Crippen LogP contribution in [0.1, 0.15) is 62.6 Å². The summed E-state index contributed by atoms with van der Waals surface area (Å²) < 4.78 is 11.6. The number of benzene rings is 2. The van der Waals surface area contributed by atoms with E-state index in [1.54, 1.807) is 24.3 Å². The Hall–Kier alpha value is -3.28. The van der Waals surface area contributed by atoms with Crippen LogP contribution in [0.3, 0.4) is 0 Å². The second-order valence-corrected chi connectivity index (χ2v) is 8.15. The molecule has 0 aromatic heterocycles. The molecule has 0 atom stereocenters. The molecule has 6 nitrogen and oxygen atoms in total. The summed E-state index contributed by atoms with van der Waals surface area (Å²) in [5, 5.41) is 11.6. The predicted molar refractivity (Wildman–Crippen MR) is 132 cm³/mol. The molecule has 2 aromatic carbocycles. The molecule has 178 valence electrons. The summed E-state index contributed by atoms with van der Waals surface area (Å²) in [6.07, 6.45) is 5.36. The second-order valence-electron chi connectivity index (χ2n) is 8.15. The number of aliphatic carboxylic acids is 1. The Labute approximate surface area is 196 Å². The second kappa shape index (κ2) is 13.3. The van der Waals surface area contributed by atoms with Gasteiger partial charge >= 0.3 is 5.97 Å². The fourth-order valence-corrected chi connectivity index (χ4v) is 3.48. The number of unbranched alkanes of at least 4 members (excludes halogenated alkanes) is 2. The predicted octanol–water partition coefficient (Wildman–Crippen LogP) is 6.16. The molecule has 0 aliphatic rings. The maximum atomic E-state index is 12.7. The van der Waals surface area contributed by atoms with Crippen LogP contribution in [0.4, 0.5) is 5.69 Å². The lowest BCUT2D eigenvalue weighted by molar-refractivity contribution is -0.137. The number of rotatable bonds is 13. The van der Waals surface area contributed by atoms with Gasteiger partial charge in [-0.1, -0.05) is 31.9 Å². The lowest BCUT2D eigenvalue weighted by Gasteiger charge is -2.15. The summed E-state index contributed by atoms with van der Waals surface area (Å²) in [4.78, 5) is 23.3. The van der Waals surface area contributed by atoms with Gasteiger partial charge in [0.05, 0.1) is 18.9 Å². The van der Waals surface area contributed by atoms with E-state index in [1.165, 1.54) is 0 Å². The first-order valence-electron chi connectivity index (χ1n) is 11.5. The summed E-state index contributed by atoms with van der Waals surface area (Å²) in [5.74, 6) is 0.311. The van der Waals surface area contributed by atoms with Crippen molar-refractivity contribution in [3.8, 4) is 11.5 Å². The van der Waals surface area contributed by atoms with Crippen molar-refractivity contribution >= 4 is 23.1 Å². The topological polar surface area (TPSA) is 84.9 Å². The lowest BCUT2D eigenvalue weighted by Crippen LogP contribution is -2.11. The number of hydrogen-bond acceptors (Lipinski definition) is 4. The van der Waals surface area contributed by atoms with Crippen LogP contribution in [0.25, 0.3) is 5.57 Å². The van der Waals surface area contributed by atoms with Gasteiger partial charge in [-0.2, -0.15) is 0 Å². The smallest absolute Gasteiger partial charge is 0.303 e. The Morgan fingerprint density at radius 1 is 1.00 bits per heavy atom. The van der Waals surface area contributed by atoms with E-state index in [2.05, 4.69) is 12.2 Å². The number of carboxylic acid groups (broad SMARTS) is 1. The number of carbonyl (C=O) groups excluding carboxylic acids is 1. The van der Waals surface area contributed by atoms with Crippen LogP contribution in [-0.4, -0.2) is 30.2 Å². The van der Waals surface area contributed by atoms with Gasteiger partial charge in [-0.3, -0.25) is 9.59 Å². The van der Waals surface area contributed by atoms with Crippen LogP contribution < -0.4 is 14.8 Å². The molecule has 2 rings (SSSR count). The highest BCUT2D eigenvalue weighted by molar-refractivity contribution is 6.04. The molecule has 2 aromatic rings. The van der Waals surface area contributed by atoms with Gasteiger partial charge in [-0.05, 0) is 80.1 Å². The van der Waals surface area contributed by atoms with E-state index < -0.39 is 5.97 Å². The Balaban J connectivity index is 2.05. The molecule has 6 heteroatoms. The molecule has 1 amide bonds. The van der Waals surface area contributed by atoms with Crippen molar-refractivity contribution in [1.29, 1.82) is 0 Å². The minimum absolute atomic E-state index is 0.0395. The van der Waals surface area contributed by atoms with E-state index in [1.807, 2.05) is 39.0 Å². The number of hydrogen-bond donors (Lipinski definition) is 2. The van der Waals surface area contributed by atoms with E-state index in [0.29, 0.717) is 24.5 Å². The average molecular weight is 454 g/mol. The quantitative estimate of drug-likeness (QED) is 0.280. The number of allylic oxidation sites excluding steroid dienone is 1. The molecule has 0 unspecified atom stereocenters. The van der Waals surface area contributed by atoms with E-state index >= 15 is 0 Å². The molecule has 0 bridgehead atoms. The molecule has 0 saturated heterocycles. The Morgan fingerprint density at radius 3 is 2.33 bits per heavy atom. The molecule has 0 aliphatic heterocycles. The Morgan fingerprint density at radius 2 is 1.67 bits per heavy atom. The van der Waals surface area contributed by atoms with E-state index in [-0.39, 0.29) is 18.9 Å². The Kier molecular flexibility index (Phi) is 10.5. The first-order chi connectivity index (χ1) is 15.8. The van der Waals surface area contributed by atoms with Crippen molar-refractivity contribution in [1.82, 2.24) is 0 Å². The van der Waals surface area contributed by atoms with Gasteiger partial charge in [0.15, 0.2) is 0 Å². The number of nitrogens with one attached hydrogen (secondary N) is 1.